The Kier molecular flexibility index (Phi) is 4.01. The third kappa shape index (κ3) is 3.61. The van der Waals surface area contributed by atoms with Crippen molar-refractivity contribution in [2.45, 2.75) is 26.2 Å². The van der Waals surface area contributed by atoms with Gasteiger partial charge in [0.2, 0.25) is 5.91 Å². The van der Waals surface area contributed by atoms with Crippen LogP contribution in [0.5, 0.6) is 0 Å². The number of hydrogen-bond donors (Lipinski definition) is 2. The summed E-state index contributed by atoms with van der Waals surface area (Å²) in [5.41, 5.74) is 8.12. The number of nitrogens with two attached hydrogens (primary N) is 1. The van der Waals surface area contributed by atoms with Gasteiger partial charge >= 0.3 is 0 Å². The molecule has 0 spiro atoms. The lowest BCUT2D eigenvalue weighted by Gasteiger charge is -2.08. The minimum absolute atomic E-state index is 0.0807. The van der Waals surface area contributed by atoms with Gasteiger partial charge in [-0.15, -0.1) is 0 Å². The zero-order chi connectivity index (χ0) is 13.0. The summed E-state index contributed by atoms with van der Waals surface area (Å²) < 4.78 is 0. The average molecular weight is 242 g/mol. The van der Waals surface area contributed by atoms with Gasteiger partial charge in [0.15, 0.2) is 0 Å². The average Bonchev–Trinajstić information content (AvgIpc) is 3.13. The predicted octanol–water partition coefficient (Wildman–Crippen LogP) is 2.04. The Bertz CT molecular complexity index is 507. The zero-order valence-electron chi connectivity index (χ0n) is 10.6. The fraction of sp³-hybridized carbons (Fsp3) is 0.400. The smallest absolute Gasteiger partial charge is 0.224 e. The molecule has 0 aliphatic heterocycles. The lowest BCUT2D eigenvalue weighted by atomic mass is 10.1. The third-order valence-electron chi connectivity index (χ3n) is 2.95. The molecule has 3 N–H and O–H groups in total. The maximum Gasteiger partial charge on any atom is 0.224 e. The van der Waals surface area contributed by atoms with Crippen molar-refractivity contribution in [3.8, 4) is 11.8 Å². The van der Waals surface area contributed by atoms with Crippen LogP contribution in [0.25, 0.3) is 0 Å². The summed E-state index contributed by atoms with van der Waals surface area (Å²) in [6.07, 6.45) is 2.99. The summed E-state index contributed by atoms with van der Waals surface area (Å²) >= 11 is 0. The van der Waals surface area contributed by atoms with Crippen LogP contribution in [-0.2, 0) is 4.79 Å². The second kappa shape index (κ2) is 5.70. The summed E-state index contributed by atoms with van der Waals surface area (Å²) in [5, 5.41) is 2.94. The molecule has 18 heavy (non-hydrogen) atoms. The number of hydrogen-bond acceptors (Lipinski definition) is 2. The number of carbonyl (C=O) groups is 1. The Morgan fingerprint density at radius 2 is 2.28 bits per heavy atom. The van der Waals surface area contributed by atoms with Gasteiger partial charge in [-0.3, -0.25) is 4.79 Å². The van der Waals surface area contributed by atoms with E-state index in [0.717, 1.165) is 16.8 Å². The molecule has 0 unspecified atom stereocenters. The summed E-state index contributed by atoms with van der Waals surface area (Å²) in [6, 6.07) is 5.84. The maximum absolute atomic E-state index is 11.8. The zero-order valence-corrected chi connectivity index (χ0v) is 10.6. The van der Waals surface area contributed by atoms with Crippen LogP contribution in [0.1, 0.15) is 30.4 Å². The number of carbonyl (C=O) groups excluding carboxylic acids is 1. The van der Waals surface area contributed by atoms with E-state index in [-0.39, 0.29) is 5.91 Å². The van der Waals surface area contributed by atoms with Crippen LogP contribution < -0.4 is 11.1 Å². The molecule has 0 radical (unpaired) electrons. The van der Waals surface area contributed by atoms with Crippen molar-refractivity contribution in [1.82, 2.24) is 0 Å². The van der Waals surface area contributed by atoms with E-state index in [2.05, 4.69) is 17.2 Å². The molecule has 0 atom stereocenters. The molecule has 2 rings (SSSR count). The van der Waals surface area contributed by atoms with E-state index in [1.165, 1.54) is 12.8 Å². The van der Waals surface area contributed by atoms with E-state index in [1.54, 1.807) is 0 Å². The SMILES string of the molecule is Cc1ccc(NC(=O)CC2CC2)c(C#CCN)c1. The molecule has 1 aliphatic rings. The highest BCUT2D eigenvalue weighted by Gasteiger charge is 2.24. The lowest BCUT2D eigenvalue weighted by Crippen LogP contribution is -2.13. The number of benzene rings is 1. The topological polar surface area (TPSA) is 55.1 Å². The van der Waals surface area contributed by atoms with Crippen LogP contribution in [0.4, 0.5) is 5.69 Å². The van der Waals surface area contributed by atoms with E-state index in [0.29, 0.717) is 18.9 Å². The minimum Gasteiger partial charge on any atom is -0.325 e. The van der Waals surface area contributed by atoms with Crippen molar-refractivity contribution in [2.24, 2.45) is 11.7 Å². The summed E-state index contributed by atoms with van der Waals surface area (Å²) in [7, 11) is 0. The van der Waals surface area contributed by atoms with Crippen LogP contribution in [0.3, 0.4) is 0 Å². The van der Waals surface area contributed by atoms with Gasteiger partial charge in [0.05, 0.1) is 12.2 Å². The Hall–Kier alpha value is -1.79. The highest BCUT2D eigenvalue weighted by atomic mass is 16.1. The van der Waals surface area contributed by atoms with E-state index in [9.17, 15) is 4.79 Å². The van der Waals surface area contributed by atoms with Crippen molar-refractivity contribution >= 4 is 11.6 Å². The van der Waals surface area contributed by atoms with E-state index in [4.69, 9.17) is 5.73 Å². The quantitative estimate of drug-likeness (QED) is 0.797. The van der Waals surface area contributed by atoms with Crippen molar-refractivity contribution in [1.29, 1.82) is 0 Å². The van der Waals surface area contributed by atoms with Gasteiger partial charge in [0.1, 0.15) is 0 Å². The van der Waals surface area contributed by atoms with E-state index >= 15 is 0 Å². The molecule has 0 heterocycles. The minimum atomic E-state index is 0.0807. The number of anilines is 1. The monoisotopic (exact) mass is 242 g/mol. The number of aryl methyl sites for hydroxylation is 1. The summed E-state index contributed by atoms with van der Waals surface area (Å²) in [6.45, 7) is 2.33. The molecule has 1 aromatic rings. The fourth-order valence-electron chi connectivity index (χ4n) is 1.80. The molecule has 1 aliphatic carbocycles. The second-order valence-corrected chi connectivity index (χ2v) is 4.75. The molecular formula is C15H18N2O. The van der Waals surface area contributed by atoms with Gasteiger partial charge in [0.25, 0.3) is 0 Å². The molecule has 3 heteroatoms. The van der Waals surface area contributed by atoms with Crippen LogP contribution >= 0.6 is 0 Å². The van der Waals surface area contributed by atoms with Gasteiger partial charge in [0, 0.05) is 12.0 Å². The van der Waals surface area contributed by atoms with Crippen LogP contribution in [-0.4, -0.2) is 12.5 Å². The Labute approximate surface area is 108 Å². The largest absolute Gasteiger partial charge is 0.325 e. The molecule has 1 aromatic carbocycles. The van der Waals surface area contributed by atoms with E-state index < -0.39 is 0 Å². The summed E-state index contributed by atoms with van der Waals surface area (Å²) in [5.74, 6) is 6.50. The molecular weight excluding hydrogens is 224 g/mol. The molecule has 0 aromatic heterocycles. The van der Waals surface area contributed by atoms with Crippen LogP contribution in [0.15, 0.2) is 18.2 Å². The molecule has 1 saturated carbocycles. The van der Waals surface area contributed by atoms with Gasteiger partial charge in [-0.25, -0.2) is 0 Å². The first-order valence-corrected chi connectivity index (χ1v) is 6.28. The van der Waals surface area contributed by atoms with Crippen molar-refractivity contribution in [3.63, 3.8) is 0 Å². The third-order valence-corrected chi connectivity index (χ3v) is 2.95. The maximum atomic E-state index is 11.8. The molecule has 94 valence electrons. The molecule has 1 fully saturated rings. The second-order valence-electron chi connectivity index (χ2n) is 4.75. The Morgan fingerprint density at radius 3 is 2.94 bits per heavy atom. The summed E-state index contributed by atoms with van der Waals surface area (Å²) in [4.78, 5) is 11.8. The first-order chi connectivity index (χ1) is 8.69. The fourth-order valence-corrected chi connectivity index (χ4v) is 1.80. The highest BCUT2D eigenvalue weighted by molar-refractivity contribution is 5.92. The Morgan fingerprint density at radius 1 is 1.50 bits per heavy atom. The first-order valence-electron chi connectivity index (χ1n) is 6.28. The van der Waals surface area contributed by atoms with Gasteiger partial charge in [-0.2, -0.15) is 0 Å². The predicted molar refractivity (Wildman–Crippen MR) is 73.1 cm³/mol. The normalized spacial score (nSPS) is 13.7. The van der Waals surface area contributed by atoms with Crippen molar-refractivity contribution in [2.75, 3.05) is 11.9 Å². The van der Waals surface area contributed by atoms with E-state index in [1.807, 2.05) is 25.1 Å². The first kappa shape index (κ1) is 12.7. The number of rotatable bonds is 3. The number of nitrogens with one attached hydrogen (secondary N) is 1. The molecule has 1 amide bonds. The lowest BCUT2D eigenvalue weighted by molar-refractivity contribution is -0.116. The van der Waals surface area contributed by atoms with Crippen LogP contribution in [0.2, 0.25) is 0 Å². The molecule has 0 bridgehead atoms. The molecule has 0 saturated heterocycles. The van der Waals surface area contributed by atoms with Crippen LogP contribution in [0, 0.1) is 24.7 Å². The van der Waals surface area contributed by atoms with Gasteiger partial charge < -0.3 is 11.1 Å². The number of amides is 1. The Balaban J connectivity index is 2.12. The highest BCUT2D eigenvalue weighted by Crippen LogP contribution is 2.32. The van der Waals surface area contributed by atoms with Gasteiger partial charge in [-0.1, -0.05) is 17.9 Å². The van der Waals surface area contributed by atoms with Crippen molar-refractivity contribution in [3.05, 3.63) is 29.3 Å². The van der Waals surface area contributed by atoms with Gasteiger partial charge in [-0.05, 0) is 43.4 Å². The molecule has 3 nitrogen and oxygen atoms in total. The standard InChI is InChI=1S/C15H18N2O/c1-11-4-7-14(13(9-11)3-2-8-16)17-15(18)10-12-5-6-12/h4,7,9,12H,5-6,8,10,16H2,1H3,(H,17,18). The van der Waals surface area contributed by atoms with Crippen molar-refractivity contribution < 1.29 is 4.79 Å².